The highest BCUT2D eigenvalue weighted by Crippen LogP contribution is 2.31. The Kier molecular flexibility index (Phi) is 5.12. The van der Waals surface area contributed by atoms with Crippen LogP contribution in [0.2, 0.25) is 0 Å². The minimum absolute atomic E-state index is 0.0798. The monoisotopic (exact) mass is 325 g/mol. The van der Waals surface area contributed by atoms with Crippen molar-refractivity contribution >= 4 is 21.6 Å². The molecule has 1 rings (SSSR count). The number of nitro benzene ring substituents is 1. The summed E-state index contributed by atoms with van der Waals surface area (Å²) < 4.78 is 26.3. The molecule has 0 fully saturated rings. The molecule has 0 heterocycles. The van der Waals surface area contributed by atoms with E-state index >= 15 is 0 Å². The van der Waals surface area contributed by atoms with Crippen LogP contribution >= 0.6 is 15.9 Å². The lowest BCUT2D eigenvalue weighted by atomic mass is 10.0. The number of hydrogen-bond donors (Lipinski definition) is 2. The summed E-state index contributed by atoms with van der Waals surface area (Å²) in [5.41, 5.74) is -1.61. The maximum Gasteiger partial charge on any atom is 0.310 e. The van der Waals surface area contributed by atoms with Crippen molar-refractivity contribution in [2.45, 2.75) is 18.6 Å². The number of hydrogen-bond acceptors (Lipinski definition) is 4. The van der Waals surface area contributed by atoms with Gasteiger partial charge in [0, 0.05) is 11.4 Å². The van der Waals surface area contributed by atoms with Crippen LogP contribution in [0.1, 0.15) is 18.1 Å². The number of nitrogens with zero attached hydrogens (tertiary/aromatic N) is 1. The van der Waals surface area contributed by atoms with Gasteiger partial charge in [-0.2, -0.15) is 4.39 Å². The van der Waals surface area contributed by atoms with E-state index in [2.05, 4.69) is 15.9 Å². The van der Waals surface area contributed by atoms with Gasteiger partial charge in [0.25, 0.3) is 0 Å². The molecule has 2 atom stereocenters. The Balaban J connectivity index is 3.25. The lowest BCUT2D eigenvalue weighted by Gasteiger charge is -2.17. The Labute approximate surface area is 109 Å². The largest absolute Gasteiger partial charge is 0.390 e. The molecule has 0 radical (unpaired) electrons. The van der Waals surface area contributed by atoms with Crippen LogP contribution in [0.4, 0.5) is 14.5 Å². The van der Waals surface area contributed by atoms with Gasteiger partial charge in [0.2, 0.25) is 5.82 Å². The zero-order valence-corrected chi connectivity index (χ0v) is 10.6. The van der Waals surface area contributed by atoms with Gasteiger partial charge in [-0.3, -0.25) is 10.1 Å². The summed E-state index contributed by atoms with van der Waals surface area (Å²) in [4.78, 5) is 9.62. The molecule has 2 unspecified atom stereocenters. The zero-order valence-electron chi connectivity index (χ0n) is 9.02. The van der Waals surface area contributed by atoms with Gasteiger partial charge in [-0.05, 0) is 12.5 Å². The lowest BCUT2D eigenvalue weighted by molar-refractivity contribution is -0.389. The Morgan fingerprint density at radius 3 is 2.50 bits per heavy atom. The molecule has 0 saturated carbocycles. The second-order valence-corrected chi connectivity index (χ2v) is 4.37. The molecule has 0 aliphatic heterocycles. The molecule has 0 aliphatic carbocycles. The standard InChI is InChI=1S/C10H10BrF2NO4/c11-2-1-8(15)10(16)6-3-5(12)4-7(13)9(6)14(17)18/h3-4,8,10,15-16H,1-2H2. The van der Waals surface area contributed by atoms with E-state index in [1.54, 1.807) is 0 Å². The number of rotatable bonds is 5. The van der Waals surface area contributed by atoms with Gasteiger partial charge in [0.05, 0.1) is 16.6 Å². The van der Waals surface area contributed by atoms with Gasteiger partial charge in [-0.25, -0.2) is 4.39 Å². The maximum absolute atomic E-state index is 13.3. The maximum atomic E-state index is 13.3. The average molecular weight is 326 g/mol. The Bertz CT molecular complexity index is 458. The first kappa shape index (κ1) is 14.9. The van der Waals surface area contributed by atoms with E-state index in [1.807, 2.05) is 0 Å². The molecule has 0 aromatic heterocycles. The third-order valence-electron chi connectivity index (χ3n) is 2.33. The Hall–Kier alpha value is -1.12. The number of halogens is 3. The van der Waals surface area contributed by atoms with Gasteiger partial charge in [0.1, 0.15) is 11.9 Å². The van der Waals surface area contributed by atoms with Crippen LogP contribution in [0, 0.1) is 21.7 Å². The molecule has 1 aromatic rings. The van der Waals surface area contributed by atoms with Crippen LogP contribution in [0.25, 0.3) is 0 Å². The first-order chi connectivity index (χ1) is 8.38. The number of aliphatic hydroxyl groups is 2. The van der Waals surface area contributed by atoms with Crippen LogP contribution < -0.4 is 0 Å². The first-order valence-corrected chi connectivity index (χ1v) is 6.06. The number of benzene rings is 1. The normalized spacial score (nSPS) is 14.3. The quantitative estimate of drug-likeness (QED) is 0.493. The van der Waals surface area contributed by atoms with E-state index in [9.17, 15) is 29.1 Å². The Morgan fingerprint density at radius 2 is 2.00 bits per heavy atom. The minimum atomic E-state index is -1.73. The second kappa shape index (κ2) is 6.17. The van der Waals surface area contributed by atoms with Crippen molar-refractivity contribution < 1.29 is 23.9 Å². The van der Waals surface area contributed by atoms with E-state index in [-0.39, 0.29) is 6.42 Å². The van der Waals surface area contributed by atoms with E-state index < -0.39 is 40.0 Å². The molecule has 5 nitrogen and oxygen atoms in total. The van der Waals surface area contributed by atoms with E-state index in [4.69, 9.17) is 0 Å². The van der Waals surface area contributed by atoms with Crippen molar-refractivity contribution in [1.82, 2.24) is 0 Å². The van der Waals surface area contributed by atoms with Crippen molar-refractivity contribution in [3.63, 3.8) is 0 Å². The fourth-order valence-electron chi connectivity index (χ4n) is 1.48. The summed E-state index contributed by atoms with van der Waals surface area (Å²) in [6, 6.07) is 0.995. The Morgan fingerprint density at radius 1 is 1.39 bits per heavy atom. The summed E-state index contributed by atoms with van der Waals surface area (Å²) in [7, 11) is 0. The molecule has 0 aliphatic rings. The lowest BCUT2D eigenvalue weighted by Crippen LogP contribution is -2.20. The van der Waals surface area contributed by atoms with Crippen molar-refractivity contribution in [3.8, 4) is 0 Å². The van der Waals surface area contributed by atoms with Crippen LogP contribution in [0.15, 0.2) is 12.1 Å². The van der Waals surface area contributed by atoms with Gasteiger partial charge in [0.15, 0.2) is 0 Å². The number of alkyl halides is 1. The summed E-state index contributed by atoms with van der Waals surface area (Å²) >= 11 is 3.01. The predicted molar refractivity (Wildman–Crippen MR) is 62.4 cm³/mol. The molecule has 0 spiro atoms. The summed E-state index contributed by atoms with van der Waals surface area (Å²) in [6.07, 6.45) is -3.01. The summed E-state index contributed by atoms with van der Waals surface area (Å²) in [5.74, 6) is -2.45. The predicted octanol–water partition coefficient (Wildman–Crippen LogP) is 2.05. The third-order valence-corrected chi connectivity index (χ3v) is 2.79. The molecular weight excluding hydrogens is 316 g/mol. The summed E-state index contributed by atoms with van der Waals surface area (Å²) in [6.45, 7) is 0. The minimum Gasteiger partial charge on any atom is -0.390 e. The highest BCUT2D eigenvalue weighted by atomic mass is 79.9. The highest BCUT2D eigenvalue weighted by Gasteiger charge is 2.30. The topological polar surface area (TPSA) is 83.6 Å². The number of nitro groups is 1. The van der Waals surface area contributed by atoms with E-state index in [0.717, 1.165) is 0 Å². The fraction of sp³-hybridized carbons (Fsp3) is 0.400. The molecule has 2 N–H and O–H groups in total. The van der Waals surface area contributed by atoms with Crippen molar-refractivity contribution in [2.75, 3.05) is 5.33 Å². The molecule has 0 bridgehead atoms. The van der Waals surface area contributed by atoms with Crippen LogP contribution in [0.5, 0.6) is 0 Å². The number of aliphatic hydroxyl groups excluding tert-OH is 2. The third kappa shape index (κ3) is 3.21. The van der Waals surface area contributed by atoms with Crippen molar-refractivity contribution in [1.29, 1.82) is 0 Å². The SMILES string of the molecule is O=[N+]([O-])c1c(F)cc(F)cc1C(O)C(O)CCBr. The van der Waals surface area contributed by atoms with Gasteiger partial charge < -0.3 is 10.2 Å². The highest BCUT2D eigenvalue weighted by molar-refractivity contribution is 9.09. The van der Waals surface area contributed by atoms with E-state index in [0.29, 0.717) is 17.5 Å². The second-order valence-electron chi connectivity index (χ2n) is 3.57. The molecule has 0 amide bonds. The average Bonchev–Trinajstić information content (AvgIpc) is 2.26. The van der Waals surface area contributed by atoms with Gasteiger partial charge >= 0.3 is 5.69 Å². The fourth-order valence-corrected chi connectivity index (χ4v) is 1.95. The van der Waals surface area contributed by atoms with Gasteiger partial charge in [-0.15, -0.1) is 0 Å². The van der Waals surface area contributed by atoms with Crippen LogP contribution in [0.3, 0.4) is 0 Å². The molecule has 1 aromatic carbocycles. The van der Waals surface area contributed by atoms with Crippen molar-refractivity contribution in [3.05, 3.63) is 39.4 Å². The van der Waals surface area contributed by atoms with Crippen molar-refractivity contribution in [2.24, 2.45) is 0 Å². The van der Waals surface area contributed by atoms with Crippen LogP contribution in [-0.2, 0) is 0 Å². The first-order valence-electron chi connectivity index (χ1n) is 4.94. The van der Waals surface area contributed by atoms with Crippen LogP contribution in [-0.4, -0.2) is 26.6 Å². The molecule has 100 valence electrons. The molecule has 18 heavy (non-hydrogen) atoms. The summed E-state index contributed by atoms with van der Waals surface area (Å²) in [5, 5.41) is 30.2. The molecule has 0 saturated heterocycles. The molecular formula is C10H10BrF2NO4. The smallest absolute Gasteiger partial charge is 0.310 e. The van der Waals surface area contributed by atoms with Gasteiger partial charge in [-0.1, -0.05) is 15.9 Å². The molecule has 8 heteroatoms. The van der Waals surface area contributed by atoms with E-state index in [1.165, 1.54) is 0 Å². The zero-order chi connectivity index (χ0) is 13.9.